The molecule has 0 bridgehead atoms. The van der Waals surface area contributed by atoms with Gasteiger partial charge in [0.25, 0.3) is 5.91 Å². The predicted octanol–water partition coefficient (Wildman–Crippen LogP) is 3.97. The molecule has 7 heteroatoms. The zero-order valence-corrected chi connectivity index (χ0v) is 16.1. The zero-order valence-electron chi connectivity index (χ0n) is 15.3. The third-order valence-electron chi connectivity index (χ3n) is 4.17. The molecule has 0 saturated carbocycles. The van der Waals surface area contributed by atoms with E-state index in [2.05, 4.69) is 27.0 Å². The molecule has 0 aliphatic carbocycles. The van der Waals surface area contributed by atoms with Crippen LogP contribution in [0.25, 0.3) is 0 Å². The Labute approximate surface area is 162 Å². The smallest absolute Gasteiger partial charge is 0.251 e. The number of benzene rings is 2. The summed E-state index contributed by atoms with van der Waals surface area (Å²) in [5, 5.41) is 12.0. The minimum Gasteiger partial charge on any atom is -0.348 e. The van der Waals surface area contributed by atoms with Crippen LogP contribution in [0.3, 0.4) is 0 Å². The van der Waals surface area contributed by atoms with E-state index in [1.165, 1.54) is 12.1 Å². The fourth-order valence-corrected chi connectivity index (χ4v) is 3.62. The van der Waals surface area contributed by atoms with E-state index in [9.17, 15) is 9.18 Å². The normalized spacial score (nSPS) is 10.8. The van der Waals surface area contributed by atoms with E-state index in [1.54, 1.807) is 23.9 Å². The van der Waals surface area contributed by atoms with E-state index in [-0.39, 0.29) is 11.7 Å². The summed E-state index contributed by atoms with van der Waals surface area (Å²) in [4.78, 5) is 12.2. The summed E-state index contributed by atoms with van der Waals surface area (Å²) in [7, 11) is 0. The summed E-state index contributed by atoms with van der Waals surface area (Å²) in [5.74, 6) is 1.23. The molecular formula is C20H21FN4OS. The van der Waals surface area contributed by atoms with Gasteiger partial charge in [-0.3, -0.25) is 4.79 Å². The van der Waals surface area contributed by atoms with Gasteiger partial charge in [-0.1, -0.05) is 36.0 Å². The van der Waals surface area contributed by atoms with Crippen LogP contribution in [0.5, 0.6) is 0 Å². The summed E-state index contributed by atoms with van der Waals surface area (Å²) in [6, 6.07) is 13.6. The Morgan fingerprint density at radius 2 is 1.74 bits per heavy atom. The molecule has 3 aromatic rings. The number of carbonyl (C=O) groups excluding carboxylic acids is 1. The first-order valence-electron chi connectivity index (χ1n) is 8.71. The van der Waals surface area contributed by atoms with Crippen LogP contribution in [-0.4, -0.2) is 20.7 Å². The molecule has 1 N–H and O–H groups in total. The highest BCUT2D eigenvalue weighted by Crippen LogP contribution is 2.22. The maximum Gasteiger partial charge on any atom is 0.251 e. The molecule has 1 heterocycles. The standard InChI is InChI=1S/C20H21FN4OS/c1-3-25-14(2)23-24-20(25)27-13-16-4-8-17(9-5-16)19(26)22-12-15-6-10-18(21)11-7-15/h4-11H,3,12-13H2,1-2H3,(H,22,26). The number of hydrogen-bond donors (Lipinski definition) is 1. The molecule has 140 valence electrons. The first-order chi connectivity index (χ1) is 13.1. The van der Waals surface area contributed by atoms with Crippen molar-refractivity contribution < 1.29 is 9.18 Å². The Morgan fingerprint density at radius 3 is 2.41 bits per heavy atom. The van der Waals surface area contributed by atoms with E-state index in [4.69, 9.17) is 0 Å². The lowest BCUT2D eigenvalue weighted by Crippen LogP contribution is -2.22. The van der Waals surface area contributed by atoms with E-state index in [1.807, 2.05) is 31.2 Å². The van der Waals surface area contributed by atoms with E-state index in [0.29, 0.717) is 12.1 Å². The molecule has 0 fully saturated rings. The lowest BCUT2D eigenvalue weighted by atomic mass is 10.1. The quantitative estimate of drug-likeness (QED) is 0.626. The Hall–Kier alpha value is -2.67. The van der Waals surface area contributed by atoms with Crippen molar-refractivity contribution in [3.8, 4) is 0 Å². The molecule has 3 rings (SSSR count). The highest BCUT2D eigenvalue weighted by atomic mass is 32.2. The topological polar surface area (TPSA) is 59.8 Å². The van der Waals surface area contributed by atoms with Crippen LogP contribution < -0.4 is 5.32 Å². The van der Waals surface area contributed by atoms with E-state index >= 15 is 0 Å². The van der Waals surface area contributed by atoms with Crippen molar-refractivity contribution in [2.75, 3.05) is 0 Å². The van der Waals surface area contributed by atoms with E-state index in [0.717, 1.165) is 34.4 Å². The Balaban J connectivity index is 1.54. The molecule has 0 radical (unpaired) electrons. The van der Waals surface area contributed by atoms with Gasteiger partial charge in [-0.2, -0.15) is 0 Å². The van der Waals surface area contributed by atoms with Crippen LogP contribution in [0.4, 0.5) is 4.39 Å². The molecule has 1 amide bonds. The van der Waals surface area contributed by atoms with Crippen LogP contribution in [0.1, 0.15) is 34.2 Å². The maximum absolute atomic E-state index is 12.9. The Bertz CT molecular complexity index is 907. The number of carbonyl (C=O) groups is 1. The monoisotopic (exact) mass is 384 g/mol. The first kappa shape index (κ1) is 19.1. The molecular weight excluding hydrogens is 363 g/mol. The second kappa shape index (κ2) is 8.81. The fourth-order valence-electron chi connectivity index (χ4n) is 2.62. The van der Waals surface area contributed by atoms with Gasteiger partial charge >= 0.3 is 0 Å². The number of nitrogens with zero attached hydrogens (tertiary/aromatic N) is 3. The minimum absolute atomic E-state index is 0.153. The number of rotatable bonds is 7. The van der Waals surface area contributed by atoms with Crippen molar-refractivity contribution in [3.63, 3.8) is 0 Å². The average Bonchev–Trinajstić information content (AvgIpc) is 3.05. The summed E-state index contributed by atoms with van der Waals surface area (Å²) in [5.41, 5.74) is 2.56. The first-order valence-corrected chi connectivity index (χ1v) is 9.69. The molecule has 5 nitrogen and oxygen atoms in total. The number of thioether (sulfide) groups is 1. The average molecular weight is 384 g/mol. The molecule has 0 unspecified atom stereocenters. The third kappa shape index (κ3) is 4.95. The summed E-state index contributed by atoms with van der Waals surface area (Å²) >= 11 is 1.63. The minimum atomic E-state index is -0.286. The van der Waals surface area contributed by atoms with Crippen molar-refractivity contribution in [3.05, 3.63) is 76.9 Å². The van der Waals surface area contributed by atoms with Crippen LogP contribution >= 0.6 is 11.8 Å². The number of halogens is 1. The van der Waals surface area contributed by atoms with Gasteiger partial charge in [0.2, 0.25) is 0 Å². The number of amides is 1. The number of nitrogens with one attached hydrogen (secondary N) is 1. The molecule has 1 aromatic heterocycles. The number of hydrogen-bond acceptors (Lipinski definition) is 4. The predicted molar refractivity (Wildman–Crippen MR) is 104 cm³/mol. The van der Waals surface area contributed by atoms with Crippen LogP contribution in [0.2, 0.25) is 0 Å². The van der Waals surface area contributed by atoms with Gasteiger partial charge in [-0.25, -0.2) is 4.39 Å². The molecule has 2 aromatic carbocycles. The lowest BCUT2D eigenvalue weighted by Gasteiger charge is -2.07. The lowest BCUT2D eigenvalue weighted by molar-refractivity contribution is 0.0951. The van der Waals surface area contributed by atoms with Crippen molar-refractivity contribution in [1.82, 2.24) is 20.1 Å². The van der Waals surface area contributed by atoms with Crippen LogP contribution in [-0.2, 0) is 18.8 Å². The molecule has 0 spiro atoms. The largest absolute Gasteiger partial charge is 0.348 e. The third-order valence-corrected chi connectivity index (χ3v) is 5.21. The van der Waals surface area contributed by atoms with Gasteiger partial charge in [-0.15, -0.1) is 10.2 Å². The Morgan fingerprint density at radius 1 is 1.07 bits per heavy atom. The highest BCUT2D eigenvalue weighted by Gasteiger charge is 2.09. The van der Waals surface area contributed by atoms with Gasteiger partial charge in [0.05, 0.1) is 0 Å². The summed E-state index contributed by atoms with van der Waals surface area (Å²) in [6.07, 6.45) is 0. The molecule has 0 atom stereocenters. The van der Waals surface area contributed by atoms with Gasteiger partial charge < -0.3 is 9.88 Å². The van der Waals surface area contributed by atoms with Gasteiger partial charge in [0, 0.05) is 24.4 Å². The number of aromatic nitrogens is 3. The van der Waals surface area contributed by atoms with Crippen LogP contribution in [0, 0.1) is 12.7 Å². The summed E-state index contributed by atoms with van der Waals surface area (Å²) in [6.45, 7) is 5.22. The molecule has 0 saturated heterocycles. The maximum atomic E-state index is 12.9. The summed E-state index contributed by atoms with van der Waals surface area (Å²) < 4.78 is 15.0. The molecule has 0 aliphatic rings. The number of aryl methyl sites for hydroxylation is 1. The second-order valence-corrected chi connectivity index (χ2v) is 7.01. The SMILES string of the molecule is CCn1c(C)nnc1SCc1ccc(C(=O)NCc2ccc(F)cc2)cc1. The van der Waals surface area contributed by atoms with Crippen molar-refractivity contribution in [2.24, 2.45) is 0 Å². The molecule has 0 aliphatic heterocycles. The van der Waals surface area contributed by atoms with Crippen LogP contribution in [0.15, 0.2) is 53.7 Å². The van der Waals surface area contributed by atoms with Gasteiger partial charge in [0.15, 0.2) is 5.16 Å². The second-order valence-electron chi connectivity index (χ2n) is 6.07. The fraction of sp³-hybridized carbons (Fsp3) is 0.250. The zero-order chi connectivity index (χ0) is 19.2. The van der Waals surface area contributed by atoms with Gasteiger partial charge in [0.1, 0.15) is 11.6 Å². The van der Waals surface area contributed by atoms with Crippen molar-refractivity contribution >= 4 is 17.7 Å². The Kier molecular flexibility index (Phi) is 6.24. The van der Waals surface area contributed by atoms with E-state index < -0.39 is 0 Å². The van der Waals surface area contributed by atoms with Crippen molar-refractivity contribution in [1.29, 1.82) is 0 Å². The van der Waals surface area contributed by atoms with Crippen molar-refractivity contribution in [2.45, 2.75) is 37.8 Å². The van der Waals surface area contributed by atoms with Gasteiger partial charge in [-0.05, 0) is 49.2 Å². The molecule has 27 heavy (non-hydrogen) atoms. The highest BCUT2D eigenvalue weighted by molar-refractivity contribution is 7.98.